The smallest absolute Gasteiger partial charge is 0.347 e. The minimum atomic E-state index is -5.17. The molecule has 38 heavy (non-hydrogen) atoms. The Kier molecular flexibility index (Phi) is 8.89. The summed E-state index contributed by atoms with van der Waals surface area (Å²) in [6, 6.07) is 3.16. The first-order valence-electron chi connectivity index (χ1n) is 10.1. The maximum atomic E-state index is 14.9. The second-order valence-electron chi connectivity index (χ2n) is 7.59. The number of allylic oxidation sites excluding steroid dienone is 1. The van der Waals surface area contributed by atoms with Gasteiger partial charge in [-0.1, -0.05) is 46.9 Å². The minimum Gasteiger partial charge on any atom is -0.347 e. The highest BCUT2D eigenvalue weighted by atomic mass is 35.5. The van der Waals surface area contributed by atoms with Gasteiger partial charge in [0.2, 0.25) is 5.95 Å². The molecule has 0 aliphatic rings. The molecule has 0 spiro atoms. The molecular weight excluding hydrogens is 593 g/mol. The van der Waals surface area contributed by atoms with Crippen LogP contribution in [-0.2, 0) is 6.18 Å². The van der Waals surface area contributed by atoms with E-state index in [1.54, 1.807) is 0 Å². The Bertz CT molecular complexity index is 1350. The highest BCUT2D eigenvalue weighted by molar-refractivity contribution is 6.48. The molecule has 4 nitrogen and oxygen atoms in total. The lowest BCUT2D eigenvalue weighted by Gasteiger charge is -2.19. The summed E-state index contributed by atoms with van der Waals surface area (Å²) in [6.45, 7) is -0.749. The van der Waals surface area contributed by atoms with E-state index in [-0.39, 0.29) is 33.2 Å². The van der Waals surface area contributed by atoms with Crippen molar-refractivity contribution in [3.8, 4) is 0 Å². The summed E-state index contributed by atoms with van der Waals surface area (Å²) in [5, 5.41) is 1.38. The maximum absolute atomic E-state index is 14.9. The molecule has 1 unspecified atom stereocenters. The third-order valence-electron chi connectivity index (χ3n) is 4.96. The molecule has 15 heteroatoms. The van der Waals surface area contributed by atoms with Crippen LogP contribution in [0.15, 0.2) is 48.8 Å². The number of aromatic nitrogens is 2. The van der Waals surface area contributed by atoms with Gasteiger partial charge in [0.15, 0.2) is 11.6 Å². The molecule has 0 aliphatic heterocycles. The Hall–Kier alpha value is -2.96. The predicted octanol–water partition coefficient (Wildman–Crippen LogP) is 8.55. The lowest BCUT2D eigenvalue weighted by atomic mass is 9.95. The first kappa shape index (κ1) is 29.6. The van der Waals surface area contributed by atoms with Crippen molar-refractivity contribution in [3.63, 3.8) is 0 Å². The zero-order valence-electron chi connectivity index (χ0n) is 18.4. The van der Waals surface area contributed by atoms with Gasteiger partial charge in [0.05, 0.1) is 39.6 Å². The average molecular weight is 605 g/mol. The van der Waals surface area contributed by atoms with Crippen LogP contribution in [0, 0.1) is 5.82 Å². The molecule has 2 aromatic carbocycles. The van der Waals surface area contributed by atoms with E-state index in [2.05, 4.69) is 15.3 Å². The third kappa shape index (κ3) is 7.12. The Labute approximate surface area is 224 Å². The highest BCUT2D eigenvalue weighted by Crippen LogP contribution is 2.42. The Balaban J connectivity index is 1.97. The summed E-state index contributed by atoms with van der Waals surface area (Å²) < 4.78 is 110. The number of carbonyl (C=O) groups excluding carboxylic acids is 1. The molecule has 1 atom stereocenters. The van der Waals surface area contributed by atoms with Crippen molar-refractivity contribution < 1.29 is 39.9 Å². The number of nitrogens with zero attached hydrogens (tertiary/aromatic N) is 2. The first-order chi connectivity index (χ1) is 17.6. The summed E-state index contributed by atoms with van der Waals surface area (Å²) in [5.74, 6) is -6.47. The van der Waals surface area contributed by atoms with Crippen molar-refractivity contribution in [3.05, 3.63) is 91.9 Å². The van der Waals surface area contributed by atoms with Crippen molar-refractivity contribution >= 4 is 52.4 Å². The normalized spacial score (nSPS) is 13.4. The number of Topliss-reactive ketones (excluding diaryl/α,β-unsaturated/α-hetero) is 1. The fraction of sp³-hybridized carbons (Fsp3) is 0.174. The number of halogens is 11. The molecule has 0 saturated carbocycles. The van der Waals surface area contributed by atoms with E-state index in [4.69, 9.17) is 34.8 Å². The Morgan fingerprint density at radius 2 is 1.55 bits per heavy atom. The van der Waals surface area contributed by atoms with E-state index in [1.807, 2.05) is 0 Å². The molecule has 0 radical (unpaired) electrons. The van der Waals surface area contributed by atoms with Crippen LogP contribution in [0.1, 0.15) is 33.0 Å². The van der Waals surface area contributed by atoms with Crippen LogP contribution in [0.4, 0.5) is 41.1 Å². The van der Waals surface area contributed by atoms with Gasteiger partial charge in [0.1, 0.15) is 11.7 Å². The van der Waals surface area contributed by atoms with Crippen molar-refractivity contribution in [2.24, 2.45) is 0 Å². The van der Waals surface area contributed by atoms with Gasteiger partial charge in [-0.2, -0.15) is 26.3 Å². The van der Waals surface area contributed by atoms with Gasteiger partial charge >= 0.3 is 12.4 Å². The summed E-state index contributed by atoms with van der Waals surface area (Å²) in [4.78, 5) is 19.4. The van der Waals surface area contributed by atoms with E-state index >= 15 is 0 Å². The number of nitrogens with one attached hydrogen (secondary N) is 1. The van der Waals surface area contributed by atoms with Crippen molar-refractivity contribution in [1.29, 1.82) is 0 Å². The van der Waals surface area contributed by atoms with Gasteiger partial charge in [-0.15, -0.1) is 0 Å². The molecule has 0 saturated heterocycles. The van der Waals surface area contributed by atoms with E-state index in [0.717, 1.165) is 30.6 Å². The van der Waals surface area contributed by atoms with Gasteiger partial charge in [0.25, 0.3) is 0 Å². The third-order valence-corrected chi connectivity index (χ3v) is 6.16. The second kappa shape index (κ2) is 11.4. The van der Waals surface area contributed by atoms with Crippen LogP contribution in [0.2, 0.25) is 15.1 Å². The van der Waals surface area contributed by atoms with E-state index in [1.165, 1.54) is 0 Å². The fourth-order valence-corrected chi connectivity index (χ4v) is 3.82. The van der Waals surface area contributed by atoms with Crippen molar-refractivity contribution in [2.75, 3.05) is 11.9 Å². The molecule has 1 aromatic heterocycles. The van der Waals surface area contributed by atoms with Gasteiger partial charge in [-0.25, -0.2) is 18.7 Å². The molecule has 0 fully saturated rings. The molecule has 0 bridgehead atoms. The number of benzene rings is 2. The number of alkyl halides is 6. The molecule has 0 amide bonds. The zero-order chi connectivity index (χ0) is 28.4. The molecule has 202 valence electrons. The van der Waals surface area contributed by atoms with Crippen molar-refractivity contribution in [2.45, 2.75) is 18.3 Å². The molecule has 3 aromatic rings. The Morgan fingerprint density at radius 1 is 0.974 bits per heavy atom. The predicted molar refractivity (Wildman–Crippen MR) is 126 cm³/mol. The van der Waals surface area contributed by atoms with E-state index < -0.39 is 64.5 Å². The van der Waals surface area contributed by atoms with Gasteiger partial charge in [-0.3, -0.25) is 4.79 Å². The quantitative estimate of drug-likeness (QED) is 0.167. The van der Waals surface area contributed by atoms with Crippen LogP contribution >= 0.6 is 34.8 Å². The lowest BCUT2D eigenvalue weighted by Crippen LogP contribution is -2.20. The van der Waals surface area contributed by atoms with Crippen LogP contribution < -0.4 is 5.32 Å². The zero-order valence-corrected chi connectivity index (χ0v) is 20.6. The largest absolute Gasteiger partial charge is 0.417 e. The SMILES string of the molecule is O=C(CNc1ncc(F)cn1)c1ccc(/C(F)=C/C(c2cc(Cl)c(Cl)c(Cl)c2)C(F)(F)F)cc1C(F)(F)F. The van der Waals surface area contributed by atoms with Crippen LogP contribution in [0.3, 0.4) is 0 Å². The summed E-state index contributed by atoms with van der Waals surface area (Å²) >= 11 is 17.3. The number of hydrogen-bond donors (Lipinski definition) is 1. The Morgan fingerprint density at radius 3 is 2.08 bits per heavy atom. The lowest BCUT2D eigenvalue weighted by molar-refractivity contribution is -0.140. The number of rotatable bonds is 7. The number of ketones is 1. The van der Waals surface area contributed by atoms with Gasteiger partial charge in [-0.05, 0) is 29.8 Å². The van der Waals surface area contributed by atoms with E-state index in [9.17, 15) is 39.9 Å². The summed E-state index contributed by atoms with van der Waals surface area (Å²) in [5.41, 5.74) is -3.97. The van der Waals surface area contributed by atoms with Crippen molar-refractivity contribution in [1.82, 2.24) is 9.97 Å². The molecule has 0 aliphatic carbocycles. The van der Waals surface area contributed by atoms with Crippen LogP contribution in [0.25, 0.3) is 5.83 Å². The standard InChI is InChI=1S/C23H12Cl3F8N3O/c24-16-4-11(5-17(25)20(16)26)14(22(29,30)31)6-18(28)10-1-2-13(15(3-10)23(32,33)34)19(38)9-37-21-35-7-12(27)8-36-21/h1-8,14H,9H2,(H,35,36,37)/b18-6-. The molecule has 1 heterocycles. The second-order valence-corrected chi connectivity index (χ2v) is 8.78. The minimum absolute atomic E-state index is 0.0559. The number of carbonyl (C=O) groups is 1. The highest BCUT2D eigenvalue weighted by Gasteiger charge is 2.41. The monoisotopic (exact) mass is 603 g/mol. The molecule has 1 N–H and O–H groups in total. The first-order valence-corrected chi connectivity index (χ1v) is 11.3. The fourth-order valence-electron chi connectivity index (χ4n) is 3.21. The van der Waals surface area contributed by atoms with Gasteiger partial charge in [0, 0.05) is 11.1 Å². The van der Waals surface area contributed by atoms with Crippen LogP contribution in [0.5, 0.6) is 0 Å². The molecular formula is C23H12Cl3F8N3O. The summed E-state index contributed by atoms with van der Waals surface area (Å²) in [6.07, 6.45) is -8.70. The van der Waals surface area contributed by atoms with E-state index in [0.29, 0.717) is 6.07 Å². The summed E-state index contributed by atoms with van der Waals surface area (Å²) in [7, 11) is 0. The maximum Gasteiger partial charge on any atom is 0.417 e. The van der Waals surface area contributed by atoms with Gasteiger partial charge < -0.3 is 5.32 Å². The average Bonchev–Trinajstić information content (AvgIpc) is 2.83. The number of anilines is 1. The number of hydrogen-bond acceptors (Lipinski definition) is 4. The topological polar surface area (TPSA) is 54.9 Å². The van der Waals surface area contributed by atoms with Crippen LogP contribution in [-0.4, -0.2) is 28.5 Å². The molecule has 3 rings (SSSR count).